The fourth-order valence-corrected chi connectivity index (χ4v) is 2.63. The van der Waals surface area contributed by atoms with E-state index < -0.39 is 17.8 Å². The monoisotopic (exact) mass is 397 g/mol. The second-order valence-corrected chi connectivity index (χ2v) is 6.53. The molecule has 6 heteroatoms. The largest absolute Gasteiger partial charge is 0.481 e. The topological polar surface area (TPSA) is 55.4 Å². The van der Waals surface area contributed by atoms with E-state index in [1.165, 1.54) is 18.2 Å². The second-order valence-electron chi connectivity index (χ2n) is 6.09. The van der Waals surface area contributed by atoms with Crippen molar-refractivity contribution in [2.24, 2.45) is 0 Å². The number of para-hydroxylation sites is 1. The summed E-state index contributed by atoms with van der Waals surface area (Å²) in [4.78, 5) is 24.6. The predicted octanol–water partition coefficient (Wildman–Crippen LogP) is 5.12. The van der Waals surface area contributed by atoms with Gasteiger partial charge in [-0.05, 0) is 67.6 Å². The molecule has 3 rings (SSSR count). The fraction of sp³-hybridized carbons (Fsp3) is 0.0909. The maximum atomic E-state index is 13.6. The standard InChI is InChI=1S/C22H17ClFNO3/c1-14(22(27)25-20-5-3-2-4-19(20)24)28-18-12-8-16(9-13-18)21(26)15-6-10-17(23)11-7-15/h2-14H,1H3,(H,25,27)/t14-/m1/s1. The highest BCUT2D eigenvalue weighted by molar-refractivity contribution is 6.30. The van der Waals surface area contributed by atoms with Crippen LogP contribution in [-0.2, 0) is 4.79 Å². The number of amides is 1. The molecule has 1 atom stereocenters. The van der Waals surface area contributed by atoms with E-state index in [1.807, 2.05) is 0 Å². The lowest BCUT2D eigenvalue weighted by atomic mass is 10.0. The summed E-state index contributed by atoms with van der Waals surface area (Å²) in [5.41, 5.74) is 1.10. The van der Waals surface area contributed by atoms with Crippen molar-refractivity contribution in [3.63, 3.8) is 0 Å². The van der Waals surface area contributed by atoms with Crippen LogP contribution in [0.25, 0.3) is 0 Å². The molecule has 0 saturated carbocycles. The SMILES string of the molecule is C[C@@H](Oc1ccc(C(=O)c2ccc(Cl)cc2)cc1)C(=O)Nc1ccccc1F. The van der Waals surface area contributed by atoms with Crippen molar-refractivity contribution in [2.45, 2.75) is 13.0 Å². The van der Waals surface area contributed by atoms with Crippen LogP contribution in [0, 0.1) is 5.82 Å². The number of hydrogen-bond donors (Lipinski definition) is 1. The Morgan fingerprint density at radius 2 is 1.50 bits per heavy atom. The van der Waals surface area contributed by atoms with Gasteiger partial charge >= 0.3 is 0 Å². The average molecular weight is 398 g/mol. The Labute approximate surface area is 166 Å². The van der Waals surface area contributed by atoms with Gasteiger partial charge in [0.1, 0.15) is 11.6 Å². The van der Waals surface area contributed by atoms with Crippen LogP contribution in [0.4, 0.5) is 10.1 Å². The molecular formula is C22H17ClFNO3. The number of benzene rings is 3. The molecule has 0 spiro atoms. The Bertz CT molecular complexity index is 987. The molecular weight excluding hydrogens is 381 g/mol. The van der Waals surface area contributed by atoms with E-state index >= 15 is 0 Å². The lowest BCUT2D eigenvalue weighted by molar-refractivity contribution is -0.122. The van der Waals surface area contributed by atoms with E-state index in [9.17, 15) is 14.0 Å². The molecule has 0 saturated heterocycles. The molecule has 1 N–H and O–H groups in total. The van der Waals surface area contributed by atoms with E-state index in [1.54, 1.807) is 61.5 Å². The number of hydrogen-bond acceptors (Lipinski definition) is 3. The maximum absolute atomic E-state index is 13.6. The molecule has 0 fully saturated rings. The molecule has 0 bridgehead atoms. The minimum absolute atomic E-state index is 0.0897. The average Bonchev–Trinajstić information content (AvgIpc) is 2.70. The molecule has 3 aromatic rings. The van der Waals surface area contributed by atoms with Crippen molar-refractivity contribution < 1.29 is 18.7 Å². The highest BCUT2D eigenvalue weighted by Gasteiger charge is 2.17. The zero-order chi connectivity index (χ0) is 20.1. The summed E-state index contributed by atoms with van der Waals surface area (Å²) in [6.07, 6.45) is -0.850. The molecule has 0 heterocycles. The van der Waals surface area contributed by atoms with Crippen molar-refractivity contribution in [3.8, 4) is 5.75 Å². The smallest absolute Gasteiger partial charge is 0.265 e. The summed E-state index contributed by atoms with van der Waals surface area (Å²) in [6.45, 7) is 1.56. The van der Waals surface area contributed by atoms with Gasteiger partial charge in [-0.1, -0.05) is 23.7 Å². The van der Waals surface area contributed by atoms with Crippen LogP contribution in [0.3, 0.4) is 0 Å². The molecule has 0 unspecified atom stereocenters. The van der Waals surface area contributed by atoms with Gasteiger partial charge in [0.25, 0.3) is 5.91 Å². The third-order valence-corrected chi connectivity index (χ3v) is 4.29. The summed E-state index contributed by atoms with van der Waals surface area (Å²) in [6, 6.07) is 19.0. The Hall–Kier alpha value is -3.18. The number of ether oxygens (including phenoxy) is 1. The van der Waals surface area contributed by atoms with Gasteiger partial charge in [0, 0.05) is 16.1 Å². The minimum Gasteiger partial charge on any atom is -0.481 e. The van der Waals surface area contributed by atoms with Crippen LogP contribution in [0.5, 0.6) is 5.75 Å². The molecule has 142 valence electrons. The number of ketones is 1. The Balaban J connectivity index is 1.63. The Morgan fingerprint density at radius 3 is 2.11 bits per heavy atom. The van der Waals surface area contributed by atoms with Gasteiger partial charge in [-0.2, -0.15) is 0 Å². The molecule has 0 aliphatic carbocycles. The van der Waals surface area contributed by atoms with Crippen molar-refractivity contribution in [1.82, 2.24) is 0 Å². The van der Waals surface area contributed by atoms with Gasteiger partial charge in [-0.25, -0.2) is 4.39 Å². The normalized spacial score (nSPS) is 11.5. The van der Waals surface area contributed by atoms with Crippen LogP contribution >= 0.6 is 11.6 Å². The Morgan fingerprint density at radius 1 is 0.929 bits per heavy atom. The molecule has 4 nitrogen and oxygen atoms in total. The Kier molecular flexibility index (Phi) is 6.06. The van der Waals surface area contributed by atoms with E-state index in [0.29, 0.717) is 21.9 Å². The van der Waals surface area contributed by atoms with Crippen LogP contribution in [-0.4, -0.2) is 17.8 Å². The minimum atomic E-state index is -0.850. The van der Waals surface area contributed by atoms with Gasteiger partial charge < -0.3 is 10.1 Å². The molecule has 0 radical (unpaired) electrons. The zero-order valence-electron chi connectivity index (χ0n) is 15.0. The van der Waals surface area contributed by atoms with Gasteiger partial charge in [0.2, 0.25) is 0 Å². The number of anilines is 1. The maximum Gasteiger partial charge on any atom is 0.265 e. The van der Waals surface area contributed by atoms with Gasteiger partial charge in [-0.15, -0.1) is 0 Å². The molecule has 0 aromatic heterocycles. The molecule has 28 heavy (non-hydrogen) atoms. The first kappa shape index (κ1) is 19.6. The second kappa shape index (κ2) is 8.67. The summed E-state index contributed by atoms with van der Waals surface area (Å²) in [5.74, 6) is -0.725. The number of carbonyl (C=O) groups excluding carboxylic acids is 2. The van der Waals surface area contributed by atoms with E-state index in [2.05, 4.69) is 5.32 Å². The number of nitrogens with one attached hydrogen (secondary N) is 1. The quantitative estimate of drug-likeness (QED) is 0.587. The van der Waals surface area contributed by atoms with Crippen LogP contribution < -0.4 is 10.1 Å². The summed E-state index contributed by atoms with van der Waals surface area (Å²) >= 11 is 5.84. The number of rotatable bonds is 6. The lowest BCUT2D eigenvalue weighted by Gasteiger charge is -2.15. The zero-order valence-corrected chi connectivity index (χ0v) is 15.7. The summed E-state index contributed by atoms with van der Waals surface area (Å²) in [7, 11) is 0. The van der Waals surface area contributed by atoms with Gasteiger partial charge in [0.05, 0.1) is 5.69 Å². The highest BCUT2D eigenvalue weighted by atomic mass is 35.5. The predicted molar refractivity (Wildman–Crippen MR) is 106 cm³/mol. The summed E-state index contributed by atoms with van der Waals surface area (Å²) in [5, 5.41) is 3.04. The third-order valence-electron chi connectivity index (χ3n) is 4.04. The van der Waals surface area contributed by atoms with Crippen molar-refractivity contribution in [3.05, 3.63) is 94.8 Å². The van der Waals surface area contributed by atoms with Crippen LogP contribution in [0.15, 0.2) is 72.8 Å². The molecule has 0 aliphatic heterocycles. The number of carbonyl (C=O) groups is 2. The van der Waals surface area contributed by atoms with E-state index in [4.69, 9.17) is 16.3 Å². The van der Waals surface area contributed by atoms with Gasteiger partial charge in [0.15, 0.2) is 11.9 Å². The van der Waals surface area contributed by atoms with Crippen LogP contribution in [0.2, 0.25) is 5.02 Å². The number of halogens is 2. The van der Waals surface area contributed by atoms with E-state index in [0.717, 1.165) is 0 Å². The fourth-order valence-electron chi connectivity index (χ4n) is 2.51. The first-order valence-corrected chi connectivity index (χ1v) is 8.94. The molecule has 3 aromatic carbocycles. The van der Waals surface area contributed by atoms with Crippen molar-refractivity contribution in [1.29, 1.82) is 0 Å². The van der Waals surface area contributed by atoms with Crippen molar-refractivity contribution >= 4 is 29.0 Å². The van der Waals surface area contributed by atoms with Crippen LogP contribution in [0.1, 0.15) is 22.8 Å². The summed E-state index contributed by atoms with van der Waals surface area (Å²) < 4.78 is 19.2. The molecule has 0 aliphatic rings. The first-order valence-electron chi connectivity index (χ1n) is 8.56. The molecule has 1 amide bonds. The van der Waals surface area contributed by atoms with Gasteiger partial charge in [-0.3, -0.25) is 9.59 Å². The van der Waals surface area contributed by atoms with Crippen molar-refractivity contribution in [2.75, 3.05) is 5.32 Å². The lowest BCUT2D eigenvalue weighted by Crippen LogP contribution is -2.30. The highest BCUT2D eigenvalue weighted by Crippen LogP contribution is 2.19. The first-order chi connectivity index (χ1) is 13.4. The van der Waals surface area contributed by atoms with E-state index in [-0.39, 0.29) is 11.5 Å². The third kappa shape index (κ3) is 4.75.